The van der Waals surface area contributed by atoms with Gasteiger partial charge in [0, 0.05) is 13.1 Å². The number of aliphatic carboxylic acids is 1. The van der Waals surface area contributed by atoms with Gasteiger partial charge in [0.05, 0.1) is 6.04 Å². The van der Waals surface area contributed by atoms with Crippen LogP contribution in [0, 0.1) is 5.92 Å². The maximum atomic E-state index is 13.1. The van der Waals surface area contributed by atoms with Gasteiger partial charge in [0.25, 0.3) is 0 Å². The number of likely N-dealkylation sites (tertiary alicyclic amines) is 1. The minimum absolute atomic E-state index is 0.0277. The lowest BCUT2D eigenvalue weighted by molar-refractivity contribution is -0.143. The second-order valence-corrected chi connectivity index (χ2v) is 10.1. The number of rotatable bonds is 15. The molecule has 12 nitrogen and oxygen atoms in total. The summed E-state index contributed by atoms with van der Waals surface area (Å²) in [4.78, 5) is 55.8. The van der Waals surface area contributed by atoms with Crippen molar-refractivity contribution < 1.29 is 24.3 Å². The van der Waals surface area contributed by atoms with Crippen LogP contribution in [0.4, 0.5) is 0 Å². The van der Waals surface area contributed by atoms with Gasteiger partial charge in [-0.2, -0.15) is 11.8 Å². The Morgan fingerprint density at radius 2 is 1.83 bits per heavy atom. The maximum Gasteiger partial charge on any atom is 0.326 e. The van der Waals surface area contributed by atoms with Gasteiger partial charge in [-0.05, 0) is 56.5 Å². The zero-order chi connectivity index (χ0) is 26.5. The molecule has 0 saturated carbocycles. The Bertz CT molecular complexity index is 760. The standard InChI is InChI=1S/C22H41N7O5S/c1-13(2)12-16(18(30)27-15(21(33)34)8-11-35-3)28-19(31)17-7-5-10-29(17)20(32)14(23)6-4-9-26-22(24)25/h13-17H,4-12,23H2,1-3H3,(H,27,30)(H,28,31)(H,33,34)(H4,24,25,26). The Morgan fingerprint density at radius 3 is 2.40 bits per heavy atom. The van der Waals surface area contributed by atoms with Gasteiger partial charge >= 0.3 is 5.97 Å². The van der Waals surface area contributed by atoms with E-state index >= 15 is 0 Å². The second kappa shape index (κ2) is 15.5. The third kappa shape index (κ3) is 10.7. The lowest BCUT2D eigenvalue weighted by Crippen LogP contribution is -2.56. The SMILES string of the molecule is CSCCC(NC(=O)C(CC(C)C)NC(=O)C1CCCN1C(=O)C(N)CCCN=C(N)N)C(=O)O. The fourth-order valence-electron chi connectivity index (χ4n) is 3.90. The van der Waals surface area contributed by atoms with Gasteiger partial charge in [-0.3, -0.25) is 19.4 Å². The van der Waals surface area contributed by atoms with Crippen LogP contribution in [0.1, 0.15) is 52.4 Å². The second-order valence-electron chi connectivity index (χ2n) is 9.12. The van der Waals surface area contributed by atoms with Crippen molar-refractivity contribution in [3.05, 3.63) is 0 Å². The highest BCUT2D eigenvalue weighted by Crippen LogP contribution is 2.20. The van der Waals surface area contributed by atoms with Crippen molar-refractivity contribution in [1.29, 1.82) is 0 Å². The zero-order valence-corrected chi connectivity index (χ0v) is 21.7. The number of hydrogen-bond acceptors (Lipinski definition) is 7. The molecule has 0 bridgehead atoms. The number of carboxylic acids is 1. The molecule has 1 saturated heterocycles. The quantitative estimate of drug-likeness (QED) is 0.0916. The fourth-order valence-corrected chi connectivity index (χ4v) is 4.37. The summed E-state index contributed by atoms with van der Waals surface area (Å²) in [5.41, 5.74) is 16.6. The smallest absolute Gasteiger partial charge is 0.326 e. The number of nitrogens with zero attached hydrogens (tertiary/aromatic N) is 2. The monoisotopic (exact) mass is 515 g/mol. The molecule has 0 radical (unpaired) electrons. The van der Waals surface area contributed by atoms with Crippen molar-refractivity contribution in [1.82, 2.24) is 15.5 Å². The number of guanidine groups is 1. The predicted molar refractivity (Wildman–Crippen MR) is 137 cm³/mol. The van der Waals surface area contributed by atoms with E-state index in [1.54, 1.807) is 0 Å². The third-order valence-electron chi connectivity index (χ3n) is 5.69. The van der Waals surface area contributed by atoms with Gasteiger partial charge in [0.1, 0.15) is 18.1 Å². The predicted octanol–water partition coefficient (Wildman–Crippen LogP) is -0.788. The summed E-state index contributed by atoms with van der Waals surface area (Å²) in [6, 6.07) is -3.48. The van der Waals surface area contributed by atoms with Crippen LogP contribution in [0.5, 0.6) is 0 Å². The highest BCUT2D eigenvalue weighted by molar-refractivity contribution is 7.98. The molecular weight excluding hydrogens is 474 g/mol. The molecule has 0 aromatic carbocycles. The minimum atomic E-state index is -1.12. The van der Waals surface area contributed by atoms with Gasteiger partial charge in [0.2, 0.25) is 17.7 Å². The van der Waals surface area contributed by atoms with Gasteiger partial charge in [-0.25, -0.2) is 4.79 Å². The van der Waals surface area contributed by atoms with E-state index in [2.05, 4.69) is 15.6 Å². The largest absolute Gasteiger partial charge is 0.480 e. The highest BCUT2D eigenvalue weighted by atomic mass is 32.2. The number of carboxylic acid groups (broad SMARTS) is 1. The summed E-state index contributed by atoms with van der Waals surface area (Å²) in [5, 5.41) is 14.7. The van der Waals surface area contributed by atoms with E-state index in [4.69, 9.17) is 17.2 Å². The van der Waals surface area contributed by atoms with Crippen LogP contribution in [0.2, 0.25) is 0 Å². The van der Waals surface area contributed by atoms with E-state index in [0.29, 0.717) is 50.9 Å². The Morgan fingerprint density at radius 1 is 1.14 bits per heavy atom. The van der Waals surface area contributed by atoms with E-state index in [0.717, 1.165) is 0 Å². The summed E-state index contributed by atoms with van der Waals surface area (Å²) in [7, 11) is 0. The van der Waals surface area contributed by atoms with Crippen molar-refractivity contribution >= 4 is 41.4 Å². The molecule has 1 fully saturated rings. The van der Waals surface area contributed by atoms with E-state index in [-0.39, 0.29) is 24.2 Å². The Hall–Kier alpha value is -2.54. The molecule has 13 heteroatoms. The third-order valence-corrected chi connectivity index (χ3v) is 6.33. The van der Waals surface area contributed by atoms with Crippen molar-refractivity contribution in [2.45, 2.75) is 76.5 Å². The van der Waals surface area contributed by atoms with Crippen molar-refractivity contribution in [3.63, 3.8) is 0 Å². The average molecular weight is 516 g/mol. The number of nitrogens with two attached hydrogens (primary N) is 3. The molecule has 0 aromatic rings. The average Bonchev–Trinajstić information content (AvgIpc) is 3.27. The topological polar surface area (TPSA) is 206 Å². The molecule has 4 unspecified atom stereocenters. The molecule has 0 aromatic heterocycles. The first-order valence-electron chi connectivity index (χ1n) is 11.9. The minimum Gasteiger partial charge on any atom is -0.480 e. The van der Waals surface area contributed by atoms with Gasteiger partial charge in [-0.15, -0.1) is 0 Å². The Labute approximate surface area is 211 Å². The molecule has 4 atom stereocenters. The zero-order valence-electron chi connectivity index (χ0n) is 20.9. The molecule has 1 rings (SSSR count). The number of carbonyl (C=O) groups excluding carboxylic acids is 3. The molecule has 1 aliphatic heterocycles. The molecule has 1 heterocycles. The summed E-state index contributed by atoms with van der Waals surface area (Å²) < 4.78 is 0. The van der Waals surface area contributed by atoms with Crippen LogP contribution < -0.4 is 27.8 Å². The van der Waals surface area contributed by atoms with Gasteiger partial charge in [0.15, 0.2) is 5.96 Å². The number of aliphatic imine (C=N–C) groups is 1. The molecule has 35 heavy (non-hydrogen) atoms. The van der Waals surface area contributed by atoms with Crippen molar-refractivity contribution in [2.24, 2.45) is 28.1 Å². The molecular formula is C22H41N7O5S. The van der Waals surface area contributed by atoms with Crippen molar-refractivity contribution in [2.75, 3.05) is 25.1 Å². The normalized spacial score (nSPS) is 18.0. The fraction of sp³-hybridized carbons (Fsp3) is 0.773. The Balaban J connectivity index is 2.82. The van der Waals surface area contributed by atoms with Crippen LogP contribution in [0.25, 0.3) is 0 Å². The molecule has 200 valence electrons. The van der Waals surface area contributed by atoms with Crippen molar-refractivity contribution in [3.8, 4) is 0 Å². The maximum absolute atomic E-state index is 13.1. The molecule has 3 amide bonds. The molecule has 9 N–H and O–H groups in total. The molecule has 0 aliphatic carbocycles. The summed E-state index contributed by atoms with van der Waals surface area (Å²) in [6.07, 6.45) is 4.45. The molecule has 0 spiro atoms. The van der Waals surface area contributed by atoms with Crippen LogP contribution in [0.3, 0.4) is 0 Å². The lowest BCUT2D eigenvalue weighted by atomic mass is 10.0. The molecule has 1 aliphatic rings. The summed E-state index contributed by atoms with van der Waals surface area (Å²) in [5.74, 6) is -1.83. The number of amides is 3. The number of hydrogen-bond donors (Lipinski definition) is 6. The number of carbonyl (C=O) groups is 4. The highest BCUT2D eigenvalue weighted by Gasteiger charge is 2.37. The van der Waals surface area contributed by atoms with Crippen LogP contribution in [-0.2, 0) is 19.2 Å². The first kappa shape index (κ1) is 30.5. The van der Waals surface area contributed by atoms with E-state index in [1.807, 2.05) is 20.1 Å². The number of nitrogens with one attached hydrogen (secondary N) is 2. The number of thioether (sulfide) groups is 1. The Kier molecular flexibility index (Phi) is 13.5. The van der Waals surface area contributed by atoms with Crippen LogP contribution in [0.15, 0.2) is 4.99 Å². The van der Waals surface area contributed by atoms with Crippen LogP contribution in [-0.4, -0.2) is 88.9 Å². The van der Waals surface area contributed by atoms with Gasteiger partial charge < -0.3 is 37.8 Å². The van der Waals surface area contributed by atoms with E-state index in [9.17, 15) is 24.3 Å². The summed E-state index contributed by atoms with van der Waals surface area (Å²) >= 11 is 1.48. The van der Waals surface area contributed by atoms with E-state index < -0.39 is 42.0 Å². The summed E-state index contributed by atoms with van der Waals surface area (Å²) in [6.45, 7) is 4.56. The first-order chi connectivity index (χ1) is 16.5. The first-order valence-corrected chi connectivity index (χ1v) is 13.3. The van der Waals surface area contributed by atoms with Crippen LogP contribution >= 0.6 is 11.8 Å². The van der Waals surface area contributed by atoms with E-state index in [1.165, 1.54) is 16.7 Å². The lowest BCUT2D eigenvalue weighted by Gasteiger charge is -2.29. The van der Waals surface area contributed by atoms with Gasteiger partial charge in [-0.1, -0.05) is 13.8 Å².